The summed E-state index contributed by atoms with van der Waals surface area (Å²) in [5, 5.41) is 0. The Balaban J connectivity index is 3.12. The van der Waals surface area contributed by atoms with Crippen molar-refractivity contribution in [3.05, 3.63) is 35.7 Å². The van der Waals surface area contributed by atoms with Crippen LogP contribution in [0.4, 0.5) is 4.39 Å². The van der Waals surface area contributed by atoms with Gasteiger partial charge in [-0.15, -0.1) is 0 Å². The molecule has 0 heterocycles. The summed E-state index contributed by atoms with van der Waals surface area (Å²) in [6, 6.07) is 3.46. The molecule has 0 amide bonds. The molecule has 1 nitrogen and oxygen atoms in total. The molecule has 0 spiro atoms. The predicted molar refractivity (Wildman–Crippen MR) is 61.6 cm³/mol. The zero-order valence-corrected chi connectivity index (χ0v) is 9.73. The Labute approximate surface area is 90.6 Å². The molecule has 0 saturated carbocycles. The van der Waals surface area contributed by atoms with Crippen LogP contribution in [0.15, 0.2) is 18.7 Å². The highest BCUT2D eigenvalue weighted by Crippen LogP contribution is 2.26. The van der Waals surface area contributed by atoms with Crippen molar-refractivity contribution in [3.8, 4) is 5.75 Å². The monoisotopic (exact) mass is 208 g/mol. The lowest BCUT2D eigenvalue weighted by Gasteiger charge is -2.22. The van der Waals surface area contributed by atoms with Gasteiger partial charge in [0.2, 0.25) is 0 Å². The Hall–Kier alpha value is -1.31. The first-order valence-corrected chi connectivity index (χ1v) is 4.95. The molecule has 0 aliphatic heterocycles. The van der Waals surface area contributed by atoms with Crippen molar-refractivity contribution >= 4 is 6.08 Å². The smallest absolute Gasteiger partial charge is 0.168 e. The van der Waals surface area contributed by atoms with Crippen molar-refractivity contribution in [2.75, 3.05) is 0 Å². The van der Waals surface area contributed by atoms with E-state index in [0.29, 0.717) is 11.3 Å². The van der Waals surface area contributed by atoms with Crippen molar-refractivity contribution < 1.29 is 9.13 Å². The lowest BCUT2D eigenvalue weighted by atomic mass is 10.1. The number of halogens is 1. The van der Waals surface area contributed by atoms with Crippen LogP contribution in [0.3, 0.4) is 0 Å². The molecule has 0 radical (unpaired) electrons. The molecule has 82 valence electrons. The van der Waals surface area contributed by atoms with Crippen LogP contribution in [-0.2, 0) is 0 Å². The minimum Gasteiger partial charge on any atom is -0.485 e. The van der Waals surface area contributed by atoms with Crippen LogP contribution < -0.4 is 4.74 Å². The standard InChI is InChI=1S/C13H17FO/c1-6-10-7-8-11(12(14)9(10)2)15-13(3,4)5/h6-8H,1H2,2-5H3. The Kier molecular flexibility index (Phi) is 3.18. The minimum atomic E-state index is -0.386. The van der Waals surface area contributed by atoms with E-state index in [1.54, 1.807) is 19.1 Å². The van der Waals surface area contributed by atoms with Gasteiger partial charge in [0, 0.05) is 0 Å². The Morgan fingerprint density at radius 1 is 1.33 bits per heavy atom. The quantitative estimate of drug-likeness (QED) is 0.715. The largest absolute Gasteiger partial charge is 0.485 e. The summed E-state index contributed by atoms with van der Waals surface area (Å²) in [6.07, 6.45) is 1.64. The second-order valence-electron chi connectivity index (χ2n) is 4.51. The van der Waals surface area contributed by atoms with Crippen LogP contribution in [0.5, 0.6) is 5.75 Å². The molecule has 0 aliphatic carbocycles. The molecule has 1 aromatic carbocycles. The first kappa shape index (κ1) is 11.8. The molecule has 15 heavy (non-hydrogen) atoms. The van der Waals surface area contributed by atoms with Gasteiger partial charge >= 0.3 is 0 Å². The first-order valence-electron chi connectivity index (χ1n) is 4.95. The molecule has 0 fully saturated rings. The van der Waals surface area contributed by atoms with Gasteiger partial charge in [-0.1, -0.05) is 18.7 Å². The van der Waals surface area contributed by atoms with E-state index in [1.165, 1.54) is 0 Å². The van der Waals surface area contributed by atoms with E-state index in [0.717, 1.165) is 5.56 Å². The number of hydrogen-bond acceptors (Lipinski definition) is 1. The molecule has 0 N–H and O–H groups in total. The van der Waals surface area contributed by atoms with Gasteiger partial charge in [0.1, 0.15) is 5.60 Å². The Bertz CT molecular complexity index is 375. The van der Waals surface area contributed by atoms with Crippen LogP contribution in [0.25, 0.3) is 6.08 Å². The van der Waals surface area contributed by atoms with Crippen LogP contribution in [0.1, 0.15) is 31.9 Å². The summed E-state index contributed by atoms with van der Waals surface area (Å²) in [5.74, 6) is -0.00655. The second-order valence-corrected chi connectivity index (χ2v) is 4.51. The third-order valence-corrected chi connectivity index (χ3v) is 2.03. The molecule has 0 saturated heterocycles. The number of ether oxygens (including phenoxy) is 1. The summed E-state index contributed by atoms with van der Waals surface area (Å²) in [7, 11) is 0. The average molecular weight is 208 g/mol. The van der Waals surface area contributed by atoms with Gasteiger partial charge in [0.15, 0.2) is 11.6 Å². The van der Waals surface area contributed by atoms with Gasteiger partial charge in [0.05, 0.1) is 0 Å². The van der Waals surface area contributed by atoms with E-state index in [-0.39, 0.29) is 11.4 Å². The van der Waals surface area contributed by atoms with E-state index in [2.05, 4.69) is 6.58 Å². The van der Waals surface area contributed by atoms with Crippen LogP contribution in [0.2, 0.25) is 0 Å². The third-order valence-electron chi connectivity index (χ3n) is 2.03. The summed E-state index contributed by atoms with van der Waals surface area (Å²) in [5.41, 5.74) is 0.990. The lowest BCUT2D eigenvalue weighted by molar-refractivity contribution is 0.124. The van der Waals surface area contributed by atoms with E-state index in [4.69, 9.17) is 4.74 Å². The van der Waals surface area contributed by atoms with Crippen LogP contribution in [0, 0.1) is 12.7 Å². The Morgan fingerprint density at radius 3 is 2.40 bits per heavy atom. The average Bonchev–Trinajstić information content (AvgIpc) is 2.11. The van der Waals surface area contributed by atoms with Gasteiger partial charge in [-0.05, 0) is 44.9 Å². The first-order chi connectivity index (χ1) is 6.85. The van der Waals surface area contributed by atoms with Gasteiger partial charge in [-0.25, -0.2) is 4.39 Å². The van der Waals surface area contributed by atoms with E-state index >= 15 is 0 Å². The lowest BCUT2D eigenvalue weighted by Crippen LogP contribution is -2.23. The zero-order chi connectivity index (χ0) is 11.6. The van der Waals surface area contributed by atoms with Crippen molar-refractivity contribution in [2.45, 2.75) is 33.3 Å². The highest BCUT2D eigenvalue weighted by Gasteiger charge is 2.16. The number of rotatable bonds is 2. The Morgan fingerprint density at radius 2 is 1.93 bits per heavy atom. The molecule has 1 rings (SSSR count). The normalized spacial score (nSPS) is 11.3. The van der Waals surface area contributed by atoms with Gasteiger partial charge < -0.3 is 4.74 Å². The second kappa shape index (κ2) is 4.05. The number of benzene rings is 1. The maximum absolute atomic E-state index is 13.8. The fourth-order valence-electron chi connectivity index (χ4n) is 1.30. The highest BCUT2D eigenvalue weighted by atomic mass is 19.1. The molecular weight excluding hydrogens is 191 g/mol. The third kappa shape index (κ3) is 2.82. The summed E-state index contributed by atoms with van der Waals surface area (Å²) < 4.78 is 19.3. The summed E-state index contributed by atoms with van der Waals surface area (Å²) >= 11 is 0. The molecule has 2 heteroatoms. The molecule has 0 atom stereocenters. The minimum absolute atomic E-state index is 0.297. The van der Waals surface area contributed by atoms with Gasteiger partial charge in [-0.2, -0.15) is 0 Å². The molecule has 0 aliphatic rings. The van der Waals surface area contributed by atoms with Crippen molar-refractivity contribution in [1.82, 2.24) is 0 Å². The molecular formula is C13H17FO. The van der Waals surface area contributed by atoms with Crippen molar-refractivity contribution in [1.29, 1.82) is 0 Å². The number of hydrogen-bond donors (Lipinski definition) is 0. The summed E-state index contributed by atoms with van der Waals surface area (Å²) in [6.45, 7) is 11.0. The van der Waals surface area contributed by atoms with Gasteiger partial charge in [-0.3, -0.25) is 0 Å². The molecule has 0 aromatic heterocycles. The fraction of sp³-hybridized carbons (Fsp3) is 0.385. The maximum atomic E-state index is 13.8. The van der Waals surface area contributed by atoms with E-state index < -0.39 is 0 Å². The zero-order valence-electron chi connectivity index (χ0n) is 9.73. The molecule has 0 bridgehead atoms. The van der Waals surface area contributed by atoms with Crippen molar-refractivity contribution in [3.63, 3.8) is 0 Å². The highest BCUT2D eigenvalue weighted by molar-refractivity contribution is 5.54. The SMILES string of the molecule is C=Cc1ccc(OC(C)(C)C)c(F)c1C. The van der Waals surface area contributed by atoms with E-state index in [9.17, 15) is 4.39 Å². The predicted octanol–water partition coefficient (Wildman–Crippen LogP) is 3.95. The topological polar surface area (TPSA) is 9.23 Å². The maximum Gasteiger partial charge on any atom is 0.168 e. The van der Waals surface area contributed by atoms with Crippen molar-refractivity contribution in [2.24, 2.45) is 0 Å². The molecule has 1 aromatic rings. The van der Waals surface area contributed by atoms with Crippen LogP contribution >= 0.6 is 0 Å². The van der Waals surface area contributed by atoms with E-state index in [1.807, 2.05) is 26.8 Å². The van der Waals surface area contributed by atoms with Gasteiger partial charge in [0.25, 0.3) is 0 Å². The fourth-order valence-corrected chi connectivity index (χ4v) is 1.30. The van der Waals surface area contributed by atoms with Crippen LogP contribution in [-0.4, -0.2) is 5.60 Å². The summed E-state index contributed by atoms with van der Waals surface area (Å²) in [4.78, 5) is 0. The molecule has 0 unspecified atom stereocenters.